The van der Waals surface area contributed by atoms with Gasteiger partial charge in [-0.05, 0) is 37.8 Å². The molecule has 0 unspecified atom stereocenters. The van der Waals surface area contributed by atoms with Crippen LogP contribution in [-0.4, -0.2) is 35.1 Å². The monoisotopic (exact) mass is 424 g/mol. The summed E-state index contributed by atoms with van der Waals surface area (Å²) in [6, 6.07) is 5.73. The van der Waals surface area contributed by atoms with E-state index in [1.165, 1.54) is 6.20 Å². The van der Waals surface area contributed by atoms with Crippen LogP contribution in [0, 0.1) is 0 Å². The summed E-state index contributed by atoms with van der Waals surface area (Å²) in [7, 11) is 0. The van der Waals surface area contributed by atoms with E-state index in [1.807, 2.05) is 35.0 Å². The van der Waals surface area contributed by atoms with Crippen LogP contribution in [0.5, 0.6) is 0 Å². The van der Waals surface area contributed by atoms with Gasteiger partial charge in [0.1, 0.15) is 16.9 Å². The number of hydrogen-bond donors (Lipinski definition) is 1. The Bertz CT molecular complexity index is 1300. The van der Waals surface area contributed by atoms with Crippen LogP contribution in [0.2, 0.25) is 0 Å². The van der Waals surface area contributed by atoms with Crippen molar-refractivity contribution in [2.75, 3.05) is 0 Å². The van der Waals surface area contributed by atoms with Gasteiger partial charge in [-0.15, -0.1) is 0 Å². The van der Waals surface area contributed by atoms with Crippen LogP contribution >= 0.6 is 0 Å². The summed E-state index contributed by atoms with van der Waals surface area (Å²) in [5, 5.41) is 4.76. The van der Waals surface area contributed by atoms with E-state index in [0.29, 0.717) is 29.7 Å². The molecule has 1 N–H and O–H groups in total. The molecule has 0 aliphatic heterocycles. The Balaban J connectivity index is 1.35. The second-order valence-electron chi connectivity index (χ2n) is 8.79. The zero-order valence-electron chi connectivity index (χ0n) is 16.8. The Kier molecular flexibility index (Phi) is 4.03. The highest BCUT2D eigenvalue weighted by Gasteiger charge is 2.38. The number of aromatic nitrogens is 6. The first-order valence-electron chi connectivity index (χ1n) is 10.8. The van der Waals surface area contributed by atoms with Crippen molar-refractivity contribution in [1.29, 1.82) is 0 Å². The number of imidazole rings is 1. The molecule has 0 saturated heterocycles. The normalized spacial score (nSPS) is 23.9. The molecule has 0 bridgehead atoms. The summed E-state index contributed by atoms with van der Waals surface area (Å²) < 4.78 is 30.9. The zero-order valence-corrected chi connectivity index (χ0v) is 16.8. The molecular formula is C22H22F2N6O. The third-order valence-corrected chi connectivity index (χ3v) is 6.90. The highest BCUT2D eigenvalue weighted by atomic mass is 19.3. The maximum absolute atomic E-state index is 13.6. The number of rotatable bonds is 3. The summed E-state index contributed by atoms with van der Waals surface area (Å²) in [5.74, 6) is -1.72. The summed E-state index contributed by atoms with van der Waals surface area (Å²) in [5.41, 5.74) is 2.16. The summed E-state index contributed by atoms with van der Waals surface area (Å²) in [4.78, 5) is 25.2. The van der Waals surface area contributed by atoms with Gasteiger partial charge in [-0.3, -0.25) is 4.79 Å². The van der Waals surface area contributed by atoms with Crippen LogP contribution in [0.4, 0.5) is 8.78 Å². The first kappa shape index (κ1) is 18.7. The second kappa shape index (κ2) is 6.70. The summed E-state index contributed by atoms with van der Waals surface area (Å²) >= 11 is 0. The molecule has 0 spiro atoms. The van der Waals surface area contributed by atoms with Crippen LogP contribution < -0.4 is 5.56 Å². The van der Waals surface area contributed by atoms with E-state index in [-0.39, 0.29) is 36.3 Å². The molecule has 9 heteroatoms. The molecule has 2 saturated carbocycles. The number of nitrogens with zero attached hydrogens (tertiary/aromatic N) is 5. The Labute approximate surface area is 176 Å². The average molecular weight is 424 g/mol. The molecule has 2 aliphatic rings. The fourth-order valence-electron chi connectivity index (χ4n) is 4.98. The standard InChI is InChI=1S/C22H22F2N6O/c23-22(24)8-6-13(7-9-22)30-20-16(11-25-30)21(31)28-19(27-20)15-5-4-14(15)17-12-29-10-2-1-3-18(29)26-17/h1-3,10-15H,4-9H2,(H,27,28,31)/t14-,15+/m0/s1. The van der Waals surface area contributed by atoms with Gasteiger partial charge in [0.15, 0.2) is 5.65 Å². The molecule has 0 radical (unpaired) electrons. The third-order valence-electron chi connectivity index (χ3n) is 6.90. The maximum Gasteiger partial charge on any atom is 0.262 e. The largest absolute Gasteiger partial charge is 0.310 e. The number of aromatic amines is 1. The average Bonchev–Trinajstić information content (AvgIpc) is 3.31. The van der Waals surface area contributed by atoms with E-state index < -0.39 is 5.92 Å². The van der Waals surface area contributed by atoms with Crippen molar-refractivity contribution in [1.82, 2.24) is 29.1 Å². The fourth-order valence-corrected chi connectivity index (χ4v) is 4.98. The van der Waals surface area contributed by atoms with Gasteiger partial charge in [0.2, 0.25) is 5.92 Å². The van der Waals surface area contributed by atoms with Gasteiger partial charge in [0.05, 0.1) is 17.9 Å². The van der Waals surface area contributed by atoms with Gasteiger partial charge in [-0.1, -0.05) is 6.07 Å². The Morgan fingerprint density at radius 2 is 1.87 bits per heavy atom. The SMILES string of the molecule is O=c1[nH]c([C@@H]2CC[C@@H]2c2cn3ccccc3n2)nc2c1cnn2C1CCC(F)(F)CC1. The smallest absolute Gasteiger partial charge is 0.262 e. The molecule has 6 rings (SSSR count). The quantitative estimate of drug-likeness (QED) is 0.535. The lowest BCUT2D eigenvalue weighted by Crippen LogP contribution is -2.28. The van der Waals surface area contributed by atoms with Crippen molar-refractivity contribution >= 4 is 16.7 Å². The summed E-state index contributed by atoms with van der Waals surface area (Å²) in [6.07, 6.45) is 7.75. The van der Waals surface area contributed by atoms with Crippen molar-refractivity contribution < 1.29 is 8.78 Å². The number of fused-ring (bicyclic) bond motifs is 2. The third kappa shape index (κ3) is 3.05. The van der Waals surface area contributed by atoms with E-state index in [9.17, 15) is 13.6 Å². The lowest BCUT2D eigenvalue weighted by molar-refractivity contribution is -0.0446. The van der Waals surface area contributed by atoms with Crippen LogP contribution in [0.25, 0.3) is 16.7 Å². The second-order valence-corrected chi connectivity index (χ2v) is 8.79. The molecular weight excluding hydrogens is 402 g/mol. The van der Waals surface area contributed by atoms with E-state index >= 15 is 0 Å². The van der Waals surface area contributed by atoms with Crippen LogP contribution in [0.15, 0.2) is 41.6 Å². The van der Waals surface area contributed by atoms with Crippen molar-refractivity contribution in [2.45, 2.75) is 62.3 Å². The molecule has 2 fully saturated rings. The number of H-pyrrole nitrogens is 1. The first-order chi connectivity index (χ1) is 15.0. The van der Waals surface area contributed by atoms with Crippen molar-refractivity contribution in [3.63, 3.8) is 0 Å². The number of alkyl halides is 2. The molecule has 0 amide bonds. The van der Waals surface area contributed by atoms with E-state index in [1.54, 1.807) is 4.68 Å². The van der Waals surface area contributed by atoms with Crippen LogP contribution in [-0.2, 0) is 0 Å². The van der Waals surface area contributed by atoms with Crippen LogP contribution in [0.3, 0.4) is 0 Å². The van der Waals surface area contributed by atoms with Crippen molar-refractivity contribution in [3.8, 4) is 0 Å². The highest BCUT2D eigenvalue weighted by molar-refractivity contribution is 5.73. The van der Waals surface area contributed by atoms with E-state index in [0.717, 1.165) is 24.2 Å². The van der Waals surface area contributed by atoms with Gasteiger partial charge < -0.3 is 9.38 Å². The van der Waals surface area contributed by atoms with Gasteiger partial charge in [0, 0.05) is 37.1 Å². The lowest BCUT2D eigenvalue weighted by Gasteiger charge is -2.34. The molecule has 4 heterocycles. The Morgan fingerprint density at radius 1 is 1.06 bits per heavy atom. The molecule has 4 aromatic rings. The lowest BCUT2D eigenvalue weighted by atomic mass is 9.71. The Hall–Kier alpha value is -3.10. The highest BCUT2D eigenvalue weighted by Crippen LogP contribution is 2.47. The number of halogens is 2. The minimum absolute atomic E-state index is 0.0704. The molecule has 2 aliphatic carbocycles. The van der Waals surface area contributed by atoms with Crippen LogP contribution in [0.1, 0.15) is 67.9 Å². The maximum atomic E-state index is 13.6. The zero-order chi connectivity index (χ0) is 21.2. The van der Waals surface area contributed by atoms with Crippen molar-refractivity contribution in [3.05, 3.63) is 58.7 Å². The molecule has 2 atom stereocenters. The van der Waals surface area contributed by atoms with Gasteiger partial charge in [-0.2, -0.15) is 5.10 Å². The molecule has 7 nitrogen and oxygen atoms in total. The summed E-state index contributed by atoms with van der Waals surface area (Å²) in [6.45, 7) is 0. The molecule has 4 aromatic heterocycles. The Morgan fingerprint density at radius 3 is 2.61 bits per heavy atom. The topological polar surface area (TPSA) is 80.9 Å². The molecule has 0 aromatic carbocycles. The van der Waals surface area contributed by atoms with E-state index in [4.69, 9.17) is 9.97 Å². The van der Waals surface area contributed by atoms with Crippen molar-refractivity contribution in [2.24, 2.45) is 0 Å². The molecule has 160 valence electrons. The van der Waals surface area contributed by atoms with Gasteiger partial charge in [0.25, 0.3) is 5.56 Å². The van der Waals surface area contributed by atoms with Gasteiger partial charge in [-0.25, -0.2) is 23.4 Å². The fraction of sp³-hybridized carbons (Fsp3) is 0.455. The predicted octanol–water partition coefficient (Wildman–Crippen LogP) is 4.18. The number of nitrogens with one attached hydrogen (secondary N) is 1. The first-order valence-corrected chi connectivity index (χ1v) is 10.8. The number of hydrogen-bond acceptors (Lipinski definition) is 4. The predicted molar refractivity (Wildman–Crippen MR) is 111 cm³/mol. The minimum Gasteiger partial charge on any atom is -0.310 e. The van der Waals surface area contributed by atoms with Gasteiger partial charge >= 0.3 is 0 Å². The van der Waals surface area contributed by atoms with E-state index in [2.05, 4.69) is 10.1 Å². The minimum atomic E-state index is -2.61. The number of pyridine rings is 1. The molecule has 31 heavy (non-hydrogen) atoms.